The lowest BCUT2D eigenvalue weighted by Gasteiger charge is -1.76. The maximum Gasteiger partial charge on any atom is 0.0466 e. The monoisotopic (exact) mass is 196 g/mol. The lowest BCUT2D eigenvalue weighted by Crippen LogP contribution is -1.74. The Morgan fingerprint density at radius 3 is 1.36 bits per heavy atom. The van der Waals surface area contributed by atoms with E-state index in [1.807, 2.05) is 36.4 Å². The summed E-state index contributed by atoms with van der Waals surface area (Å²) in [6.07, 6.45) is 2.56. The Balaban J connectivity index is 0.000000193. The normalized spacial score (nSPS) is 13.3. The molecule has 2 rings (SSSR count). The molecule has 1 saturated heterocycles. The van der Waals surface area contributed by atoms with E-state index in [4.69, 9.17) is 9.84 Å². The van der Waals surface area contributed by atoms with E-state index in [1.54, 1.807) is 6.92 Å². The summed E-state index contributed by atoms with van der Waals surface area (Å²) in [7, 11) is 0. The molecule has 0 spiro atoms. The quantitative estimate of drug-likeness (QED) is 0.690. The van der Waals surface area contributed by atoms with Gasteiger partial charge >= 0.3 is 0 Å². The Labute approximate surface area is 86.5 Å². The first-order chi connectivity index (χ1) is 6.91. The molecule has 0 saturated carbocycles. The molecule has 1 aromatic rings. The maximum atomic E-state index is 7.57. The van der Waals surface area contributed by atoms with Crippen molar-refractivity contribution in [3.8, 4) is 0 Å². The highest BCUT2D eigenvalue weighted by molar-refractivity contribution is 4.99. The van der Waals surface area contributed by atoms with Crippen LogP contribution in [-0.4, -0.2) is 24.9 Å². The number of aliphatic hydroxyl groups excluding tert-OH is 1. The standard InChI is InChI=1S/C6H6.C4H8O.C2H6O/c1-2-4-6-5-3-1;1-2-4-5-3-1;1-2-3/h1-6H;1-4H2;3H,2H2,1H3. The zero-order valence-electron chi connectivity index (χ0n) is 8.86. The summed E-state index contributed by atoms with van der Waals surface area (Å²) in [5.41, 5.74) is 0. The average Bonchev–Trinajstić information content (AvgIpc) is 2.80. The second kappa shape index (κ2) is 12.1. The van der Waals surface area contributed by atoms with Crippen molar-refractivity contribution in [3.63, 3.8) is 0 Å². The molecular weight excluding hydrogens is 176 g/mol. The van der Waals surface area contributed by atoms with Gasteiger partial charge < -0.3 is 9.84 Å². The van der Waals surface area contributed by atoms with Crippen molar-refractivity contribution in [3.05, 3.63) is 36.4 Å². The number of ether oxygens (including phenoxy) is 1. The number of rotatable bonds is 0. The zero-order valence-corrected chi connectivity index (χ0v) is 8.86. The van der Waals surface area contributed by atoms with E-state index >= 15 is 0 Å². The Kier molecular flexibility index (Phi) is 11.4. The first-order valence-electron chi connectivity index (χ1n) is 5.10. The summed E-state index contributed by atoms with van der Waals surface area (Å²) in [6, 6.07) is 12.0. The van der Waals surface area contributed by atoms with Gasteiger partial charge in [0, 0.05) is 19.8 Å². The maximum absolute atomic E-state index is 7.57. The molecule has 80 valence electrons. The van der Waals surface area contributed by atoms with E-state index in [2.05, 4.69) is 0 Å². The van der Waals surface area contributed by atoms with Crippen molar-refractivity contribution >= 4 is 0 Å². The molecule has 1 N–H and O–H groups in total. The fourth-order valence-corrected chi connectivity index (χ4v) is 0.895. The van der Waals surface area contributed by atoms with E-state index in [0.717, 1.165) is 13.2 Å². The number of hydrogen-bond acceptors (Lipinski definition) is 2. The smallest absolute Gasteiger partial charge is 0.0466 e. The molecule has 0 radical (unpaired) electrons. The third-order valence-corrected chi connectivity index (χ3v) is 1.49. The van der Waals surface area contributed by atoms with Gasteiger partial charge in [0.2, 0.25) is 0 Å². The Morgan fingerprint density at radius 1 is 0.929 bits per heavy atom. The van der Waals surface area contributed by atoms with Gasteiger partial charge in [0.1, 0.15) is 0 Å². The molecule has 14 heavy (non-hydrogen) atoms. The predicted molar refractivity (Wildman–Crippen MR) is 59.3 cm³/mol. The van der Waals surface area contributed by atoms with E-state index in [-0.39, 0.29) is 6.61 Å². The highest BCUT2D eigenvalue weighted by Gasteiger charge is 1.94. The number of hydrogen-bond donors (Lipinski definition) is 1. The highest BCUT2D eigenvalue weighted by atomic mass is 16.5. The predicted octanol–water partition coefficient (Wildman–Crippen LogP) is 2.48. The molecule has 0 bridgehead atoms. The van der Waals surface area contributed by atoms with Gasteiger partial charge in [-0.1, -0.05) is 36.4 Å². The molecule has 1 aliphatic heterocycles. The molecule has 2 heteroatoms. The van der Waals surface area contributed by atoms with E-state index in [9.17, 15) is 0 Å². The largest absolute Gasteiger partial charge is 0.397 e. The average molecular weight is 196 g/mol. The number of benzene rings is 1. The van der Waals surface area contributed by atoms with Crippen LogP contribution in [0, 0.1) is 0 Å². The molecule has 0 amide bonds. The van der Waals surface area contributed by atoms with E-state index in [1.165, 1.54) is 12.8 Å². The molecule has 1 heterocycles. The molecule has 1 aliphatic rings. The van der Waals surface area contributed by atoms with Gasteiger partial charge in [-0.2, -0.15) is 0 Å². The minimum absolute atomic E-state index is 0.250. The topological polar surface area (TPSA) is 29.5 Å². The second-order valence-corrected chi connectivity index (χ2v) is 2.79. The summed E-state index contributed by atoms with van der Waals surface area (Å²) in [6.45, 7) is 3.93. The second-order valence-electron chi connectivity index (χ2n) is 2.79. The molecule has 0 unspecified atom stereocenters. The number of aliphatic hydroxyl groups is 1. The van der Waals surface area contributed by atoms with Crippen LogP contribution in [0.2, 0.25) is 0 Å². The van der Waals surface area contributed by atoms with Crippen molar-refractivity contribution in [2.24, 2.45) is 0 Å². The molecular formula is C12H20O2. The van der Waals surface area contributed by atoms with Gasteiger partial charge in [-0.25, -0.2) is 0 Å². The van der Waals surface area contributed by atoms with Crippen LogP contribution < -0.4 is 0 Å². The molecule has 0 aliphatic carbocycles. The highest BCUT2D eigenvalue weighted by Crippen LogP contribution is 1.98. The van der Waals surface area contributed by atoms with Gasteiger partial charge in [0.25, 0.3) is 0 Å². The van der Waals surface area contributed by atoms with Gasteiger partial charge in [-0.05, 0) is 19.8 Å². The van der Waals surface area contributed by atoms with Crippen LogP contribution in [0.4, 0.5) is 0 Å². The molecule has 0 aromatic heterocycles. The van der Waals surface area contributed by atoms with Crippen molar-refractivity contribution in [2.45, 2.75) is 19.8 Å². The van der Waals surface area contributed by atoms with Crippen LogP contribution in [0.25, 0.3) is 0 Å². The van der Waals surface area contributed by atoms with Crippen molar-refractivity contribution in [2.75, 3.05) is 19.8 Å². The van der Waals surface area contributed by atoms with Gasteiger partial charge in [-0.3, -0.25) is 0 Å². The third-order valence-electron chi connectivity index (χ3n) is 1.49. The van der Waals surface area contributed by atoms with Gasteiger partial charge in [-0.15, -0.1) is 0 Å². The van der Waals surface area contributed by atoms with Crippen LogP contribution in [0.1, 0.15) is 19.8 Å². The molecule has 1 fully saturated rings. The summed E-state index contributed by atoms with van der Waals surface area (Å²) < 4.78 is 4.94. The third kappa shape index (κ3) is 11.1. The van der Waals surface area contributed by atoms with Gasteiger partial charge in [0.15, 0.2) is 0 Å². The minimum atomic E-state index is 0.250. The van der Waals surface area contributed by atoms with Crippen LogP contribution in [0.15, 0.2) is 36.4 Å². The van der Waals surface area contributed by atoms with Gasteiger partial charge in [0.05, 0.1) is 0 Å². The fraction of sp³-hybridized carbons (Fsp3) is 0.500. The first-order valence-corrected chi connectivity index (χ1v) is 5.10. The molecule has 0 atom stereocenters. The Bertz CT molecular complexity index is 137. The summed E-state index contributed by atoms with van der Waals surface area (Å²) in [5.74, 6) is 0. The van der Waals surface area contributed by atoms with Crippen LogP contribution in [0.3, 0.4) is 0 Å². The van der Waals surface area contributed by atoms with E-state index < -0.39 is 0 Å². The zero-order chi connectivity index (χ0) is 10.5. The van der Waals surface area contributed by atoms with Crippen molar-refractivity contribution < 1.29 is 9.84 Å². The van der Waals surface area contributed by atoms with Crippen molar-refractivity contribution in [1.29, 1.82) is 0 Å². The Morgan fingerprint density at radius 2 is 1.21 bits per heavy atom. The van der Waals surface area contributed by atoms with Crippen LogP contribution >= 0.6 is 0 Å². The first kappa shape index (κ1) is 13.1. The minimum Gasteiger partial charge on any atom is -0.397 e. The summed E-state index contributed by atoms with van der Waals surface area (Å²) in [5, 5.41) is 7.57. The fourth-order valence-electron chi connectivity index (χ4n) is 0.895. The lowest BCUT2D eigenvalue weighted by molar-refractivity contribution is 0.198. The SMILES string of the molecule is C1CCOC1.CCO.c1ccccc1. The van der Waals surface area contributed by atoms with Crippen molar-refractivity contribution in [1.82, 2.24) is 0 Å². The molecule has 1 aromatic carbocycles. The summed E-state index contributed by atoms with van der Waals surface area (Å²) in [4.78, 5) is 0. The summed E-state index contributed by atoms with van der Waals surface area (Å²) >= 11 is 0. The van der Waals surface area contributed by atoms with E-state index in [0.29, 0.717) is 0 Å². The van der Waals surface area contributed by atoms with Crippen LogP contribution in [0.5, 0.6) is 0 Å². The van der Waals surface area contributed by atoms with Crippen LogP contribution in [-0.2, 0) is 4.74 Å². The lowest BCUT2D eigenvalue weighted by atomic mass is 10.4. The Hall–Kier alpha value is -0.860. The molecule has 2 nitrogen and oxygen atoms in total.